The zero-order valence-corrected chi connectivity index (χ0v) is 13.3. The summed E-state index contributed by atoms with van der Waals surface area (Å²) in [7, 11) is 1.84. The Balaban J connectivity index is 1.98. The first kappa shape index (κ1) is 14.4. The van der Waals surface area contributed by atoms with Gasteiger partial charge in [0.2, 0.25) is 5.88 Å². The van der Waals surface area contributed by atoms with Crippen LogP contribution in [0.25, 0.3) is 0 Å². The third-order valence-electron chi connectivity index (χ3n) is 3.35. The molecule has 0 saturated heterocycles. The van der Waals surface area contributed by atoms with Crippen LogP contribution in [0.1, 0.15) is 30.1 Å². The van der Waals surface area contributed by atoms with Crippen molar-refractivity contribution in [3.05, 3.63) is 39.6 Å². The molecule has 0 aliphatic heterocycles. The number of nitrogens with zero attached hydrogens (tertiary/aromatic N) is 2. The summed E-state index contributed by atoms with van der Waals surface area (Å²) in [6.45, 7) is 1.92. The molecule has 1 N–H and O–H groups in total. The average Bonchev–Trinajstić information content (AvgIpc) is 3.24. The first-order chi connectivity index (χ1) is 10.1. The fourth-order valence-corrected chi connectivity index (χ4v) is 2.58. The van der Waals surface area contributed by atoms with Crippen LogP contribution in [0.5, 0.6) is 11.6 Å². The monoisotopic (exact) mass is 323 g/mol. The van der Waals surface area contributed by atoms with Crippen molar-refractivity contribution >= 4 is 29.0 Å². The summed E-state index contributed by atoms with van der Waals surface area (Å²) >= 11 is 12.0. The number of nitrogens with one attached hydrogen (secondary N) is 1. The standard InChI is InChI=1S/C15H15Cl2N3O/c1-8-13(18-2)19-14(9-3-4-9)20-15(8)21-12-6-10(16)5-11(17)7-12/h5-7,9H,3-4H2,1-2H3,(H,18,19,20). The minimum Gasteiger partial charge on any atom is -0.438 e. The highest BCUT2D eigenvalue weighted by Gasteiger charge is 2.28. The van der Waals surface area contributed by atoms with E-state index in [9.17, 15) is 0 Å². The van der Waals surface area contributed by atoms with E-state index in [0.717, 1.165) is 30.0 Å². The second-order valence-corrected chi connectivity index (χ2v) is 5.96. The van der Waals surface area contributed by atoms with E-state index in [1.165, 1.54) is 0 Å². The highest BCUT2D eigenvalue weighted by Crippen LogP contribution is 2.40. The summed E-state index contributed by atoms with van der Waals surface area (Å²) in [4.78, 5) is 9.07. The minimum absolute atomic E-state index is 0.447. The summed E-state index contributed by atoms with van der Waals surface area (Å²) in [5.74, 6) is 3.17. The Morgan fingerprint density at radius 3 is 2.38 bits per heavy atom. The van der Waals surface area contributed by atoms with Gasteiger partial charge in [-0.2, -0.15) is 4.98 Å². The highest BCUT2D eigenvalue weighted by atomic mass is 35.5. The summed E-state index contributed by atoms with van der Waals surface area (Å²) < 4.78 is 5.87. The maximum absolute atomic E-state index is 6.00. The number of hydrogen-bond acceptors (Lipinski definition) is 4. The SMILES string of the molecule is CNc1nc(C2CC2)nc(Oc2cc(Cl)cc(Cl)c2)c1C. The molecule has 2 aromatic rings. The molecular formula is C15H15Cl2N3O. The van der Waals surface area contributed by atoms with E-state index >= 15 is 0 Å². The molecular weight excluding hydrogens is 309 g/mol. The zero-order chi connectivity index (χ0) is 15.0. The van der Waals surface area contributed by atoms with E-state index < -0.39 is 0 Å². The largest absolute Gasteiger partial charge is 0.438 e. The molecule has 0 amide bonds. The molecule has 1 aromatic heterocycles. The quantitative estimate of drug-likeness (QED) is 0.877. The molecule has 0 unspecified atom stereocenters. The smallest absolute Gasteiger partial charge is 0.227 e. The molecule has 0 bridgehead atoms. The van der Waals surface area contributed by atoms with Crippen LogP contribution in [0, 0.1) is 6.92 Å². The van der Waals surface area contributed by atoms with E-state index in [2.05, 4.69) is 15.3 Å². The zero-order valence-electron chi connectivity index (χ0n) is 11.8. The summed E-state index contributed by atoms with van der Waals surface area (Å²) in [6, 6.07) is 5.09. The van der Waals surface area contributed by atoms with E-state index in [4.69, 9.17) is 27.9 Å². The van der Waals surface area contributed by atoms with Crippen molar-refractivity contribution in [3.8, 4) is 11.6 Å². The van der Waals surface area contributed by atoms with Crippen molar-refractivity contribution in [3.63, 3.8) is 0 Å². The predicted molar refractivity (Wildman–Crippen MR) is 84.8 cm³/mol. The molecule has 3 rings (SSSR count). The van der Waals surface area contributed by atoms with Crippen molar-refractivity contribution in [2.24, 2.45) is 0 Å². The van der Waals surface area contributed by atoms with Gasteiger partial charge in [0, 0.05) is 23.0 Å². The lowest BCUT2D eigenvalue weighted by Gasteiger charge is -2.13. The van der Waals surface area contributed by atoms with E-state index in [1.807, 2.05) is 14.0 Å². The van der Waals surface area contributed by atoms with Gasteiger partial charge in [-0.05, 0) is 38.0 Å². The second kappa shape index (κ2) is 5.70. The number of benzene rings is 1. The first-order valence-corrected chi connectivity index (χ1v) is 7.52. The van der Waals surface area contributed by atoms with Crippen molar-refractivity contribution in [1.29, 1.82) is 0 Å². The van der Waals surface area contributed by atoms with Gasteiger partial charge in [-0.3, -0.25) is 0 Å². The van der Waals surface area contributed by atoms with Gasteiger partial charge in [0.25, 0.3) is 0 Å². The van der Waals surface area contributed by atoms with Crippen molar-refractivity contribution in [1.82, 2.24) is 9.97 Å². The molecule has 1 saturated carbocycles. The molecule has 1 aliphatic carbocycles. The van der Waals surface area contributed by atoms with Crippen LogP contribution in [0.4, 0.5) is 5.82 Å². The van der Waals surface area contributed by atoms with Gasteiger partial charge in [0.15, 0.2) is 0 Å². The Hall–Kier alpha value is -1.52. The van der Waals surface area contributed by atoms with Crippen molar-refractivity contribution in [2.75, 3.05) is 12.4 Å². The summed E-state index contributed by atoms with van der Waals surface area (Å²) in [5.41, 5.74) is 0.859. The van der Waals surface area contributed by atoms with Gasteiger partial charge in [0.05, 0.1) is 5.56 Å². The predicted octanol–water partition coefficient (Wildman–Crippen LogP) is 4.80. The maximum Gasteiger partial charge on any atom is 0.227 e. The Kier molecular flexibility index (Phi) is 3.91. The van der Waals surface area contributed by atoms with Gasteiger partial charge in [0.1, 0.15) is 17.4 Å². The van der Waals surface area contributed by atoms with Gasteiger partial charge < -0.3 is 10.1 Å². The van der Waals surface area contributed by atoms with Crippen molar-refractivity contribution < 1.29 is 4.74 Å². The lowest BCUT2D eigenvalue weighted by Crippen LogP contribution is -2.04. The van der Waals surface area contributed by atoms with Crippen LogP contribution >= 0.6 is 23.2 Å². The van der Waals surface area contributed by atoms with Crippen molar-refractivity contribution in [2.45, 2.75) is 25.7 Å². The van der Waals surface area contributed by atoms with Gasteiger partial charge in [-0.1, -0.05) is 23.2 Å². The fraction of sp³-hybridized carbons (Fsp3) is 0.333. The average molecular weight is 324 g/mol. The lowest BCUT2D eigenvalue weighted by atomic mass is 10.3. The van der Waals surface area contributed by atoms with Crippen LogP contribution in [0.15, 0.2) is 18.2 Å². The van der Waals surface area contributed by atoms with Crippen LogP contribution in [-0.2, 0) is 0 Å². The number of ether oxygens (including phenoxy) is 1. The molecule has 1 aromatic carbocycles. The van der Waals surface area contributed by atoms with Crippen LogP contribution < -0.4 is 10.1 Å². The summed E-state index contributed by atoms with van der Waals surface area (Å²) in [5, 5.41) is 4.14. The number of anilines is 1. The lowest BCUT2D eigenvalue weighted by molar-refractivity contribution is 0.455. The summed E-state index contributed by atoms with van der Waals surface area (Å²) in [6.07, 6.45) is 2.27. The molecule has 0 spiro atoms. The molecule has 4 nitrogen and oxygen atoms in total. The Morgan fingerprint density at radius 1 is 1.14 bits per heavy atom. The molecule has 6 heteroatoms. The van der Waals surface area contributed by atoms with Crippen LogP contribution in [0.2, 0.25) is 10.0 Å². The molecule has 110 valence electrons. The topological polar surface area (TPSA) is 47.0 Å². The molecule has 21 heavy (non-hydrogen) atoms. The highest BCUT2D eigenvalue weighted by molar-refractivity contribution is 6.34. The first-order valence-electron chi connectivity index (χ1n) is 6.77. The van der Waals surface area contributed by atoms with E-state index in [0.29, 0.717) is 27.6 Å². The number of halogens is 2. The second-order valence-electron chi connectivity index (χ2n) is 5.09. The molecule has 0 atom stereocenters. The van der Waals surface area contributed by atoms with E-state index in [-0.39, 0.29) is 0 Å². The van der Waals surface area contributed by atoms with Gasteiger partial charge in [-0.15, -0.1) is 0 Å². The third-order valence-corrected chi connectivity index (χ3v) is 3.78. The normalized spacial score (nSPS) is 14.1. The Labute approximate surface area is 133 Å². The minimum atomic E-state index is 0.447. The molecule has 0 radical (unpaired) electrons. The fourth-order valence-electron chi connectivity index (χ4n) is 2.08. The number of rotatable bonds is 4. The van der Waals surface area contributed by atoms with Gasteiger partial charge in [-0.25, -0.2) is 4.98 Å². The van der Waals surface area contributed by atoms with Crippen LogP contribution in [-0.4, -0.2) is 17.0 Å². The molecule has 1 fully saturated rings. The number of hydrogen-bond donors (Lipinski definition) is 1. The third kappa shape index (κ3) is 3.22. The molecule has 1 aliphatic rings. The van der Waals surface area contributed by atoms with Gasteiger partial charge >= 0.3 is 0 Å². The number of aromatic nitrogens is 2. The Bertz CT molecular complexity index is 667. The maximum atomic E-state index is 6.00. The molecule has 1 heterocycles. The van der Waals surface area contributed by atoms with Crippen LogP contribution in [0.3, 0.4) is 0 Å². The van der Waals surface area contributed by atoms with E-state index in [1.54, 1.807) is 18.2 Å². The Morgan fingerprint density at radius 2 is 1.81 bits per heavy atom.